The molecular formula is C5H14O9P2. The van der Waals surface area contributed by atoms with Crippen LogP contribution in [0.25, 0.3) is 0 Å². The minimum absolute atomic E-state index is 0.592. The molecule has 0 rings (SSSR count). The van der Waals surface area contributed by atoms with Gasteiger partial charge in [0.2, 0.25) is 0 Å². The van der Waals surface area contributed by atoms with Gasteiger partial charge in [-0.1, -0.05) is 0 Å². The van der Waals surface area contributed by atoms with Gasteiger partial charge in [-0.05, 0) is 0 Å². The number of hydrogen-bond donors (Lipinski definition) is 3. The standard InChI is InChI=1S/C5H14O9P2/c1-11-15(7,8)13-3-5(6)4-14-16(9,10)12-2/h5-6H,3-4H2,1-2H3,(H,7,8)(H,9,10). The molecule has 0 aromatic heterocycles. The Morgan fingerprint density at radius 1 is 1.00 bits per heavy atom. The Bertz CT molecular complexity index is 264. The lowest BCUT2D eigenvalue weighted by molar-refractivity contribution is 0.0347. The van der Waals surface area contributed by atoms with Crippen molar-refractivity contribution in [2.45, 2.75) is 6.10 Å². The van der Waals surface area contributed by atoms with Crippen LogP contribution < -0.4 is 0 Å². The smallest absolute Gasteiger partial charge is 0.388 e. The highest BCUT2D eigenvalue weighted by molar-refractivity contribution is 7.47. The summed E-state index contributed by atoms with van der Waals surface area (Å²) < 4.78 is 38.2. The van der Waals surface area contributed by atoms with Crippen LogP contribution in [0, 0.1) is 0 Å². The summed E-state index contributed by atoms with van der Waals surface area (Å²) >= 11 is 0. The number of phosphoric ester groups is 2. The summed E-state index contributed by atoms with van der Waals surface area (Å²) in [7, 11) is -6.44. The molecule has 11 heteroatoms. The first-order chi connectivity index (χ1) is 7.22. The van der Waals surface area contributed by atoms with Crippen molar-refractivity contribution in [2.24, 2.45) is 0 Å². The zero-order chi connectivity index (χ0) is 12.8. The molecule has 16 heavy (non-hydrogen) atoms. The van der Waals surface area contributed by atoms with Crippen molar-refractivity contribution in [3.63, 3.8) is 0 Å². The molecule has 0 fully saturated rings. The van der Waals surface area contributed by atoms with E-state index in [-0.39, 0.29) is 0 Å². The SMILES string of the molecule is COP(=O)(O)OCC(O)COP(=O)(O)OC. The number of rotatable bonds is 8. The largest absolute Gasteiger partial charge is 0.472 e. The Balaban J connectivity index is 3.89. The molecular weight excluding hydrogens is 266 g/mol. The van der Waals surface area contributed by atoms with Crippen LogP contribution in [-0.4, -0.2) is 48.4 Å². The van der Waals surface area contributed by atoms with Crippen molar-refractivity contribution in [1.82, 2.24) is 0 Å². The van der Waals surface area contributed by atoms with Gasteiger partial charge < -0.3 is 14.9 Å². The summed E-state index contributed by atoms with van der Waals surface area (Å²) in [6, 6.07) is 0. The van der Waals surface area contributed by atoms with E-state index in [9.17, 15) is 9.13 Å². The second kappa shape index (κ2) is 6.80. The lowest BCUT2D eigenvalue weighted by Crippen LogP contribution is -2.20. The zero-order valence-electron chi connectivity index (χ0n) is 8.68. The van der Waals surface area contributed by atoms with E-state index in [0.29, 0.717) is 0 Å². The molecule has 0 radical (unpaired) electrons. The van der Waals surface area contributed by atoms with Crippen LogP contribution in [0.15, 0.2) is 0 Å². The number of phosphoric acid groups is 2. The van der Waals surface area contributed by atoms with Crippen molar-refractivity contribution in [3.8, 4) is 0 Å². The fourth-order valence-electron chi connectivity index (χ4n) is 0.514. The lowest BCUT2D eigenvalue weighted by atomic mass is 10.4. The maximum absolute atomic E-state index is 10.8. The van der Waals surface area contributed by atoms with Gasteiger partial charge >= 0.3 is 15.6 Å². The van der Waals surface area contributed by atoms with Crippen molar-refractivity contribution in [1.29, 1.82) is 0 Å². The Morgan fingerprint density at radius 2 is 1.31 bits per heavy atom. The molecule has 0 aromatic rings. The molecule has 0 spiro atoms. The summed E-state index contributed by atoms with van der Waals surface area (Å²) in [5.41, 5.74) is 0. The first-order valence-corrected chi connectivity index (χ1v) is 6.95. The molecule has 98 valence electrons. The third kappa shape index (κ3) is 7.45. The Kier molecular flexibility index (Phi) is 6.88. The highest BCUT2D eigenvalue weighted by atomic mass is 31.2. The van der Waals surface area contributed by atoms with Crippen LogP contribution in [0.5, 0.6) is 0 Å². The highest BCUT2D eigenvalue weighted by Crippen LogP contribution is 2.43. The second-order valence-electron chi connectivity index (χ2n) is 2.55. The number of aliphatic hydroxyl groups is 1. The van der Waals surface area contributed by atoms with E-state index in [4.69, 9.17) is 14.9 Å². The first-order valence-electron chi connectivity index (χ1n) is 3.96. The highest BCUT2D eigenvalue weighted by Gasteiger charge is 2.23. The van der Waals surface area contributed by atoms with E-state index in [0.717, 1.165) is 14.2 Å². The lowest BCUT2D eigenvalue weighted by Gasteiger charge is -2.15. The van der Waals surface area contributed by atoms with Gasteiger partial charge in [0.05, 0.1) is 13.2 Å². The molecule has 0 aromatic carbocycles. The molecule has 2 unspecified atom stereocenters. The minimum atomic E-state index is -4.18. The van der Waals surface area contributed by atoms with Gasteiger partial charge in [0, 0.05) is 14.2 Å². The summed E-state index contributed by atoms with van der Waals surface area (Å²) in [5.74, 6) is 0. The van der Waals surface area contributed by atoms with Gasteiger partial charge in [0.1, 0.15) is 6.10 Å². The average molecular weight is 280 g/mol. The van der Waals surface area contributed by atoms with E-state index in [1.54, 1.807) is 0 Å². The van der Waals surface area contributed by atoms with Crippen LogP contribution in [-0.2, 0) is 27.2 Å². The first kappa shape index (κ1) is 16.2. The van der Waals surface area contributed by atoms with Crippen molar-refractivity contribution in [2.75, 3.05) is 27.4 Å². The van der Waals surface area contributed by atoms with Crippen molar-refractivity contribution >= 4 is 15.6 Å². The summed E-state index contributed by atoms with van der Waals surface area (Å²) in [6.07, 6.45) is -1.37. The van der Waals surface area contributed by atoms with E-state index in [2.05, 4.69) is 18.1 Å². The third-order valence-electron chi connectivity index (χ3n) is 1.32. The van der Waals surface area contributed by atoms with Gasteiger partial charge in [-0.15, -0.1) is 0 Å². The fourth-order valence-corrected chi connectivity index (χ4v) is 1.45. The van der Waals surface area contributed by atoms with E-state index < -0.39 is 35.0 Å². The van der Waals surface area contributed by atoms with Crippen LogP contribution in [0.1, 0.15) is 0 Å². The summed E-state index contributed by atoms with van der Waals surface area (Å²) in [4.78, 5) is 17.6. The molecule has 0 saturated carbocycles. The normalized spacial score (nSPS) is 21.1. The molecule has 2 atom stereocenters. The average Bonchev–Trinajstić information content (AvgIpc) is 2.24. The zero-order valence-corrected chi connectivity index (χ0v) is 10.5. The summed E-state index contributed by atoms with van der Waals surface area (Å²) in [5, 5.41) is 9.14. The molecule has 0 saturated heterocycles. The van der Waals surface area contributed by atoms with E-state index in [1.807, 2.05) is 0 Å². The molecule has 0 aliphatic rings. The molecule has 9 nitrogen and oxygen atoms in total. The number of aliphatic hydroxyl groups excluding tert-OH is 1. The topological polar surface area (TPSA) is 132 Å². The monoisotopic (exact) mass is 280 g/mol. The Morgan fingerprint density at radius 3 is 1.56 bits per heavy atom. The fraction of sp³-hybridized carbons (Fsp3) is 1.00. The molecule has 0 aliphatic carbocycles. The Hall–Kier alpha value is 0.180. The van der Waals surface area contributed by atoms with Gasteiger partial charge in [0.25, 0.3) is 0 Å². The molecule has 0 amide bonds. The van der Waals surface area contributed by atoms with Gasteiger partial charge in [0.15, 0.2) is 0 Å². The molecule has 0 heterocycles. The molecule has 0 aliphatic heterocycles. The number of hydrogen-bond acceptors (Lipinski definition) is 7. The van der Waals surface area contributed by atoms with Crippen molar-refractivity contribution < 1.29 is 42.1 Å². The predicted octanol–water partition coefficient (Wildman–Crippen LogP) is -0.126. The van der Waals surface area contributed by atoms with Crippen molar-refractivity contribution in [3.05, 3.63) is 0 Å². The van der Waals surface area contributed by atoms with Crippen LogP contribution >= 0.6 is 15.6 Å². The van der Waals surface area contributed by atoms with E-state index >= 15 is 0 Å². The third-order valence-corrected chi connectivity index (χ3v) is 3.20. The van der Waals surface area contributed by atoms with Gasteiger partial charge in [-0.3, -0.25) is 18.1 Å². The molecule has 0 bridgehead atoms. The minimum Gasteiger partial charge on any atom is -0.388 e. The van der Waals surface area contributed by atoms with Crippen LogP contribution in [0.3, 0.4) is 0 Å². The van der Waals surface area contributed by atoms with Gasteiger partial charge in [-0.25, -0.2) is 9.13 Å². The molecule has 3 N–H and O–H groups in total. The second-order valence-corrected chi connectivity index (χ2v) is 5.67. The van der Waals surface area contributed by atoms with Gasteiger partial charge in [-0.2, -0.15) is 0 Å². The van der Waals surface area contributed by atoms with Crippen LogP contribution in [0.2, 0.25) is 0 Å². The van der Waals surface area contributed by atoms with E-state index in [1.165, 1.54) is 0 Å². The summed E-state index contributed by atoms with van der Waals surface area (Å²) in [6.45, 7) is -1.18. The van der Waals surface area contributed by atoms with Crippen LogP contribution in [0.4, 0.5) is 0 Å². The quantitative estimate of drug-likeness (QED) is 0.520. The Labute approximate surface area is 92.1 Å². The predicted molar refractivity (Wildman–Crippen MR) is 51.6 cm³/mol. The maximum Gasteiger partial charge on any atom is 0.472 e. The maximum atomic E-state index is 10.8.